The molecule has 1 N–H and O–H groups in total. The lowest BCUT2D eigenvalue weighted by Crippen LogP contribution is -2.16. The Balaban J connectivity index is 1.52. The molecule has 3 rings (SSSR count). The molecule has 0 amide bonds. The van der Waals surface area contributed by atoms with E-state index in [-0.39, 0.29) is 5.82 Å². The molecule has 0 spiro atoms. The summed E-state index contributed by atoms with van der Waals surface area (Å²) in [4.78, 5) is 0. The maximum Gasteiger partial charge on any atom is 0.134 e. The summed E-state index contributed by atoms with van der Waals surface area (Å²) in [6.45, 7) is 1.48. The number of methoxy groups -OCH3 is 1. The fourth-order valence-electron chi connectivity index (χ4n) is 2.59. The van der Waals surface area contributed by atoms with E-state index in [1.165, 1.54) is 17.7 Å². The van der Waals surface area contributed by atoms with Crippen LogP contribution in [0.3, 0.4) is 0 Å². The summed E-state index contributed by atoms with van der Waals surface area (Å²) in [6, 6.07) is 18.2. The molecule has 0 unspecified atom stereocenters. The van der Waals surface area contributed by atoms with Crippen LogP contribution in [-0.4, -0.2) is 13.7 Å². The van der Waals surface area contributed by atoms with Gasteiger partial charge in [-0.1, -0.05) is 18.2 Å². The van der Waals surface area contributed by atoms with Crippen molar-refractivity contribution in [3.63, 3.8) is 0 Å². The molecule has 0 atom stereocenters. The van der Waals surface area contributed by atoms with Gasteiger partial charge in [0.05, 0.1) is 13.7 Å². The quantitative estimate of drug-likeness (QED) is 0.653. The van der Waals surface area contributed by atoms with E-state index in [2.05, 4.69) is 11.4 Å². The van der Waals surface area contributed by atoms with Gasteiger partial charge in [-0.3, -0.25) is 0 Å². The third-order valence-corrected chi connectivity index (χ3v) is 3.85. The van der Waals surface area contributed by atoms with Crippen molar-refractivity contribution in [3.05, 3.63) is 77.8 Å². The first-order valence-corrected chi connectivity index (χ1v) is 7.93. The molecule has 3 nitrogen and oxygen atoms in total. The SMILES string of the molecule is COc1ccccc1CCNCc1ccc(-c2ccc(F)cc2)o1. The van der Waals surface area contributed by atoms with Gasteiger partial charge in [-0.2, -0.15) is 0 Å². The van der Waals surface area contributed by atoms with Gasteiger partial charge < -0.3 is 14.5 Å². The summed E-state index contributed by atoms with van der Waals surface area (Å²) >= 11 is 0. The van der Waals surface area contributed by atoms with Crippen LogP contribution in [0.5, 0.6) is 5.75 Å². The Morgan fingerprint density at radius 1 is 1.00 bits per heavy atom. The molecule has 1 aromatic heterocycles. The van der Waals surface area contributed by atoms with Gasteiger partial charge >= 0.3 is 0 Å². The third-order valence-electron chi connectivity index (χ3n) is 3.85. The van der Waals surface area contributed by atoms with Crippen LogP contribution in [0.25, 0.3) is 11.3 Å². The molecule has 0 aliphatic heterocycles. The number of nitrogens with one attached hydrogen (secondary N) is 1. The highest BCUT2D eigenvalue weighted by molar-refractivity contribution is 5.57. The summed E-state index contributed by atoms with van der Waals surface area (Å²) in [6.07, 6.45) is 0.884. The van der Waals surface area contributed by atoms with Crippen LogP contribution in [-0.2, 0) is 13.0 Å². The summed E-state index contributed by atoms with van der Waals surface area (Å²) in [5, 5.41) is 3.37. The number of benzene rings is 2. The molecule has 1 heterocycles. The molecule has 24 heavy (non-hydrogen) atoms. The van der Waals surface area contributed by atoms with Crippen molar-refractivity contribution in [3.8, 4) is 17.1 Å². The van der Waals surface area contributed by atoms with E-state index in [0.29, 0.717) is 6.54 Å². The molecule has 0 fully saturated rings. The fourth-order valence-corrected chi connectivity index (χ4v) is 2.59. The standard InChI is InChI=1S/C20H20FNO2/c1-23-19-5-3-2-4-15(19)12-13-22-14-18-10-11-20(24-18)16-6-8-17(21)9-7-16/h2-11,22H,12-14H2,1H3. The number of para-hydroxylation sites is 1. The second kappa shape index (κ2) is 7.79. The lowest BCUT2D eigenvalue weighted by Gasteiger charge is -2.08. The molecular weight excluding hydrogens is 305 g/mol. The molecule has 4 heteroatoms. The Morgan fingerprint density at radius 3 is 2.58 bits per heavy atom. The highest BCUT2D eigenvalue weighted by Crippen LogP contribution is 2.22. The number of ether oxygens (including phenoxy) is 1. The minimum Gasteiger partial charge on any atom is -0.496 e. The Labute approximate surface area is 141 Å². The second-order valence-electron chi connectivity index (χ2n) is 5.51. The van der Waals surface area contributed by atoms with Crippen LogP contribution in [0, 0.1) is 5.82 Å². The maximum atomic E-state index is 13.0. The minimum atomic E-state index is -0.247. The fraction of sp³-hybridized carbons (Fsp3) is 0.200. The van der Waals surface area contributed by atoms with Gasteiger partial charge in [-0.25, -0.2) is 4.39 Å². The molecule has 0 bridgehead atoms. The van der Waals surface area contributed by atoms with Crippen LogP contribution >= 0.6 is 0 Å². The third kappa shape index (κ3) is 4.03. The summed E-state index contributed by atoms with van der Waals surface area (Å²) in [5.41, 5.74) is 2.05. The van der Waals surface area contributed by atoms with Gasteiger partial charge in [-0.15, -0.1) is 0 Å². The Hall–Kier alpha value is -2.59. The molecule has 0 aliphatic rings. The van der Waals surface area contributed by atoms with Gasteiger partial charge in [-0.05, 0) is 61.0 Å². The molecule has 0 saturated carbocycles. The minimum absolute atomic E-state index is 0.247. The first kappa shape index (κ1) is 16.3. The molecule has 0 radical (unpaired) electrons. The highest BCUT2D eigenvalue weighted by atomic mass is 19.1. The average molecular weight is 325 g/mol. The van der Waals surface area contributed by atoms with Crippen LogP contribution in [0.1, 0.15) is 11.3 Å². The average Bonchev–Trinajstić information content (AvgIpc) is 3.08. The smallest absolute Gasteiger partial charge is 0.134 e. The van der Waals surface area contributed by atoms with Crippen LogP contribution in [0.2, 0.25) is 0 Å². The largest absolute Gasteiger partial charge is 0.496 e. The molecule has 0 aliphatic carbocycles. The van der Waals surface area contributed by atoms with E-state index >= 15 is 0 Å². The maximum absolute atomic E-state index is 13.0. The topological polar surface area (TPSA) is 34.4 Å². The predicted octanol–water partition coefficient (Wildman–Crippen LogP) is 4.43. The van der Waals surface area contributed by atoms with Gasteiger partial charge in [0.2, 0.25) is 0 Å². The zero-order chi connectivity index (χ0) is 16.8. The molecule has 124 valence electrons. The van der Waals surface area contributed by atoms with Crippen LogP contribution in [0.15, 0.2) is 65.1 Å². The van der Waals surface area contributed by atoms with Crippen LogP contribution in [0.4, 0.5) is 4.39 Å². The van der Waals surface area contributed by atoms with Crippen molar-refractivity contribution >= 4 is 0 Å². The molecule has 3 aromatic rings. The van der Waals surface area contributed by atoms with Crippen molar-refractivity contribution in [2.45, 2.75) is 13.0 Å². The van der Waals surface area contributed by atoms with E-state index in [1.807, 2.05) is 30.3 Å². The van der Waals surface area contributed by atoms with Gasteiger partial charge in [0, 0.05) is 5.56 Å². The van der Waals surface area contributed by atoms with Crippen molar-refractivity contribution in [1.82, 2.24) is 5.32 Å². The Kier molecular flexibility index (Phi) is 5.29. The lowest BCUT2D eigenvalue weighted by molar-refractivity contribution is 0.408. The lowest BCUT2D eigenvalue weighted by atomic mass is 10.1. The molecule has 2 aromatic carbocycles. The van der Waals surface area contributed by atoms with Crippen molar-refractivity contribution in [1.29, 1.82) is 0 Å². The predicted molar refractivity (Wildman–Crippen MR) is 92.5 cm³/mol. The number of halogens is 1. The Bertz CT molecular complexity index is 780. The van der Waals surface area contributed by atoms with E-state index in [4.69, 9.17) is 9.15 Å². The van der Waals surface area contributed by atoms with E-state index < -0.39 is 0 Å². The van der Waals surface area contributed by atoms with Crippen LogP contribution < -0.4 is 10.1 Å². The van der Waals surface area contributed by atoms with E-state index in [0.717, 1.165) is 35.8 Å². The zero-order valence-electron chi connectivity index (χ0n) is 13.6. The first-order valence-electron chi connectivity index (χ1n) is 7.93. The van der Waals surface area contributed by atoms with Gasteiger partial charge in [0.1, 0.15) is 23.1 Å². The number of hydrogen-bond acceptors (Lipinski definition) is 3. The van der Waals surface area contributed by atoms with E-state index in [1.54, 1.807) is 19.2 Å². The molecular formula is C20H20FNO2. The van der Waals surface area contributed by atoms with E-state index in [9.17, 15) is 4.39 Å². The van der Waals surface area contributed by atoms with Gasteiger partial charge in [0.25, 0.3) is 0 Å². The number of rotatable bonds is 7. The monoisotopic (exact) mass is 325 g/mol. The van der Waals surface area contributed by atoms with Crippen molar-refractivity contribution < 1.29 is 13.5 Å². The normalized spacial score (nSPS) is 10.8. The second-order valence-corrected chi connectivity index (χ2v) is 5.51. The van der Waals surface area contributed by atoms with Gasteiger partial charge in [0.15, 0.2) is 0 Å². The van der Waals surface area contributed by atoms with Crippen molar-refractivity contribution in [2.75, 3.05) is 13.7 Å². The summed E-state index contributed by atoms with van der Waals surface area (Å²) < 4.78 is 24.1. The summed E-state index contributed by atoms with van der Waals surface area (Å²) in [5.74, 6) is 2.27. The highest BCUT2D eigenvalue weighted by Gasteiger charge is 2.05. The number of hydrogen-bond donors (Lipinski definition) is 1. The first-order chi connectivity index (χ1) is 11.8. The van der Waals surface area contributed by atoms with Crippen molar-refractivity contribution in [2.24, 2.45) is 0 Å². The molecule has 0 saturated heterocycles. The number of furan rings is 1. The summed E-state index contributed by atoms with van der Waals surface area (Å²) in [7, 11) is 1.69. The zero-order valence-corrected chi connectivity index (χ0v) is 13.6. The Morgan fingerprint density at radius 2 is 1.79 bits per heavy atom.